The predicted molar refractivity (Wildman–Crippen MR) is 106 cm³/mol. The lowest BCUT2D eigenvalue weighted by atomic mass is 10.1. The molecule has 1 fully saturated rings. The normalized spacial score (nSPS) is 15.1. The molecule has 1 aliphatic heterocycles. The molecule has 2 aromatic rings. The summed E-state index contributed by atoms with van der Waals surface area (Å²) in [6.45, 7) is 3.97. The molecule has 1 N–H and O–H groups in total. The second kappa shape index (κ2) is 9.21. The molecular weight excluding hydrogens is 338 g/mol. The van der Waals surface area contributed by atoms with E-state index < -0.39 is 0 Å². The highest BCUT2D eigenvalue weighted by Gasteiger charge is 2.29. The number of hydrogen-bond acceptors (Lipinski definition) is 2. The highest BCUT2D eigenvalue weighted by molar-refractivity contribution is 5.85. The zero-order valence-corrected chi connectivity index (χ0v) is 15.8. The number of amides is 3. The Balaban J connectivity index is 1.42. The van der Waals surface area contributed by atoms with Crippen LogP contribution in [0, 0.1) is 0 Å². The zero-order valence-electron chi connectivity index (χ0n) is 15.8. The number of hydrogen-bond donors (Lipinski definition) is 1. The van der Waals surface area contributed by atoms with Gasteiger partial charge in [0.2, 0.25) is 5.91 Å². The molecule has 0 aliphatic carbocycles. The van der Waals surface area contributed by atoms with Gasteiger partial charge in [0.1, 0.15) is 6.54 Å². The summed E-state index contributed by atoms with van der Waals surface area (Å²) >= 11 is 0. The first-order chi connectivity index (χ1) is 13.1. The fourth-order valence-corrected chi connectivity index (χ4v) is 3.32. The minimum atomic E-state index is -0.0922. The minimum absolute atomic E-state index is 0.0639. The van der Waals surface area contributed by atoms with Gasteiger partial charge >= 0.3 is 6.03 Å². The molecule has 1 heterocycles. The quantitative estimate of drug-likeness (QED) is 0.782. The second-order valence-electron chi connectivity index (χ2n) is 7.10. The number of carbonyl (C=O) groups is 2. The van der Waals surface area contributed by atoms with Gasteiger partial charge in [-0.05, 0) is 30.9 Å². The molecule has 0 spiro atoms. The maximum atomic E-state index is 12.5. The van der Waals surface area contributed by atoms with E-state index in [1.54, 1.807) is 9.80 Å². The van der Waals surface area contributed by atoms with Gasteiger partial charge in [-0.2, -0.15) is 0 Å². The number of nitrogens with zero attached hydrogens (tertiary/aromatic N) is 2. The Bertz CT molecular complexity index is 749. The summed E-state index contributed by atoms with van der Waals surface area (Å²) in [5.74, 6) is -0.0922. The van der Waals surface area contributed by atoms with Gasteiger partial charge in [0, 0.05) is 25.7 Å². The van der Waals surface area contributed by atoms with Gasteiger partial charge in [-0.25, -0.2) is 4.79 Å². The van der Waals surface area contributed by atoms with Crippen LogP contribution in [0.5, 0.6) is 0 Å². The molecule has 5 heteroatoms. The van der Waals surface area contributed by atoms with E-state index in [0.717, 1.165) is 18.4 Å². The smallest absolute Gasteiger partial charge is 0.320 e. The maximum Gasteiger partial charge on any atom is 0.320 e. The fourth-order valence-electron chi connectivity index (χ4n) is 3.32. The molecule has 1 atom stereocenters. The van der Waals surface area contributed by atoms with Crippen LogP contribution in [0.2, 0.25) is 0 Å². The minimum Gasteiger partial charge on any atom is -0.352 e. The van der Waals surface area contributed by atoms with E-state index in [1.807, 2.05) is 55.5 Å². The van der Waals surface area contributed by atoms with E-state index in [2.05, 4.69) is 17.4 Å². The number of rotatable bonds is 8. The molecule has 0 unspecified atom stereocenters. The Labute approximate surface area is 161 Å². The Morgan fingerprint density at radius 2 is 1.56 bits per heavy atom. The maximum absolute atomic E-state index is 12.5. The summed E-state index contributed by atoms with van der Waals surface area (Å²) in [7, 11) is 0. The molecule has 27 heavy (non-hydrogen) atoms. The van der Waals surface area contributed by atoms with Crippen molar-refractivity contribution in [3.8, 4) is 0 Å². The predicted octanol–water partition coefficient (Wildman–Crippen LogP) is 3.06. The lowest BCUT2D eigenvalue weighted by molar-refractivity contribution is -0.122. The average Bonchev–Trinajstić information content (AvgIpc) is 3.01. The Hall–Kier alpha value is -2.82. The largest absolute Gasteiger partial charge is 0.352 e. The lowest BCUT2D eigenvalue weighted by Gasteiger charge is -2.20. The molecule has 0 radical (unpaired) electrons. The topological polar surface area (TPSA) is 52.7 Å². The SMILES string of the molecule is C[C@@H](CCc1ccccc1)NC(=O)CN1CCN(Cc2ccccc2)C1=O. The molecule has 2 aromatic carbocycles. The van der Waals surface area contributed by atoms with Crippen molar-refractivity contribution in [2.45, 2.75) is 32.4 Å². The number of benzene rings is 2. The van der Waals surface area contributed by atoms with Gasteiger partial charge < -0.3 is 15.1 Å². The van der Waals surface area contributed by atoms with Gasteiger partial charge in [0.15, 0.2) is 0 Å². The third-order valence-corrected chi connectivity index (χ3v) is 4.85. The van der Waals surface area contributed by atoms with Crippen LogP contribution < -0.4 is 5.32 Å². The fraction of sp³-hybridized carbons (Fsp3) is 0.364. The van der Waals surface area contributed by atoms with Crippen molar-refractivity contribution in [2.75, 3.05) is 19.6 Å². The summed E-state index contributed by atoms with van der Waals surface area (Å²) in [6, 6.07) is 20.2. The molecule has 0 bridgehead atoms. The number of carbonyl (C=O) groups excluding carboxylic acids is 2. The zero-order chi connectivity index (χ0) is 19.1. The van der Waals surface area contributed by atoms with Gasteiger partial charge in [-0.1, -0.05) is 60.7 Å². The van der Waals surface area contributed by atoms with Crippen LogP contribution in [0.1, 0.15) is 24.5 Å². The molecule has 1 aliphatic rings. The summed E-state index contributed by atoms with van der Waals surface area (Å²) < 4.78 is 0. The first kappa shape index (κ1) is 19.0. The van der Waals surface area contributed by atoms with Crippen molar-refractivity contribution in [2.24, 2.45) is 0 Å². The third kappa shape index (κ3) is 5.58. The van der Waals surface area contributed by atoms with Gasteiger partial charge in [0.25, 0.3) is 0 Å². The van der Waals surface area contributed by atoms with Crippen LogP contribution in [-0.2, 0) is 17.8 Å². The summed E-state index contributed by atoms with van der Waals surface area (Å²) in [5.41, 5.74) is 2.37. The van der Waals surface area contributed by atoms with E-state index in [4.69, 9.17) is 0 Å². The third-order valence-electron chi connectivity index (χ3n) is 4.85. The average molecular weight is 365 g/mol. The number of urea groups is 1. The molecule has 3 rings (SSSR count). The van der Waals surface area contributed by atoms with E-state index in [9.17, 15) is 9.59 Å². The molecule has 142 valence electrons. The van der Waals surface area contributed by atoms with Gasteiger partial charge in [0.05, 0.1) is 0 Å². The van der Waals surface area contributed by atoms with Crippen LogP contribution in [0.3, 0.4) is 0 Å². The van der Waals surface area contributed by atoms with Gasteiger partial charge in [-0.15, -0.1) is 0 Å². The van der Waals surface area contributed by atoms with Crippen molar-refractivity contribution in [1.82, 2.24) is 15.1 Å². The highest BCUT2D eigenvalue weighted by atomic mass is 16.2. The molecular formula is C22H27N3O2. The monoisotopic (exact) mass is 365 g/mol. The van der Waals surface area contributed by atoms with Crippen molar-refractivity contribution >= 4 is 11.9 Å². The van der Waals surface area contributed by atoms with Crippen LogP contribution in [-0.4, -0.2) is 47.4 Å². The standard InChI is InChI=1S/C22H27N3O2/c1-18(12-13-19-8-4-2-5-9-19)23-21(26)17-25-15-14-24(22(25)27)16-20-10-6-3-7-11-20/h2-11,18H,12-17H2,1H3,(H,23,26)/t18-/m0/s1. The molecule has 3 amide bonds. The second-order valence-corrected chi connectivity index (χ2v) is 7.10. The Morgan fingerprint density at radius 3 is 2.22 bits per heavy atom. The van der Waals surface area contributed by atoms with Crippen molar-refractivity contribution in [3.63, 3.8) is 0 Å². The van der Waals surface area contributed by atoms with Crippen molar-refractivity contribution in [1.29, 1.82) is 0 Å². The Kier molecular flexibility index (Phi) is 6.47. The summed E-state index contributed by atoms with van der Waals surface area (Å²) in [5, 5.41) is 3.01. The lowest BCUT2D eigenvalue weighted by Crippen LogP contribution is -2.42. The van der Waals surface area contributed by atoms with Gasteiger partial charge in [-0.3, -0.25) is 4.79 Å². The molecule has 1 saturated heterocycles. The van der Waals surface area contributed by atoms with E-state index in [0.29, 0.717) is 19.6 Å². The van der Waals surface area contributed by atoms with E-state index in [1.165, 1.54) is 5.56 Å². The number of nitrogens with one attached hydrogen (secondary N) is 1. The first-order valence-corrected chi connectivity index (χ1v) is 9.53. The van der Waals surface area contributed by atoms with Crippen LogP contribution in [0.15, 0.2) is 60.7 Å². The number of aryl methyl sites for hydroxylation is 1. The Morgan fingerprint density at radius 1 is 0.963 bits per heavy atom. The van der Waals surface area contributed by atoms with E-state index >= 15 is 0 Å². The summed E-state index contributed by atoms with van der Waals surface area (Å²) in [6.07, 6.45) is 1.81. The molecule has 5 nitrogen and oxygen atoms in total. The van der Waals surface area contributed by atoms with Crippen molar-refractivity contribution in [3.05, 3.63) is 71.8 Å². The first-order valence-electron chi connectivity index (χ1n) is 9.53. The molecule has 0 aromatic heterocycles. The van der Waals surface area contributed by atoms with Crippen LogP contribution >= 0.6 is 0 Å². The molecule has 0 saturated carbocycles. The summed E-state index contributed by atoms with van der Waals surface area (Å²) in [4.78, 5) is 28.2. The van der Waals surface area contributed by atoms with E-state index in [-0.39, 0.29) is 24.5 Å². The van der Waals surface area contributed by atoms with Crippen molar-refractivity contribution < 1.29 is 9.59 Å². The highest BCUT2D eigenvalue weighted by Crippen LogP contribution is 2.13. The van der Waals surface area contributed by atoms with Crippen LogP contribution in [0.4, 0.5) is 4.79 Å². The van der Waals surface area contributed by atoms with Crippen LogP contribution in [0.25, 0.3) is 0 Å².